The number of rotatable bonds is 7. The van der Waals surface area contributed by atoms with Crippen molar-refractivity contribution in [3.8, 4) is 6.07 Å². The van der Waals surface area contributed by atoms with Crippen molar-refractivity contribution in [2.24, 2.45) is 0 Å². The van der Waals surface area contributed by atoms with Crippen molar-refractivity contribution < 1.29 is 14.0 Å². The molecule has 1 aliphatic rings. The van der Waals surface area contributed by atoms with Crippen LogP contribution in [0.2, 0.25) is 0 Å². The zero-order valence-corrected chi connectivity index (χ0v) is 19.6. The third-order valence-corrected chi connectivity index (χ3v) is 6.57. The smallest absolute Gasteiger partial charge is 0.249 e. The van der Waals surface area contributed by atoms with E-state index in [1.165, 1.54) is 29.4 Å². The molecule has 1 fully saturated rings. The Morgan fingerprint density at radius 1 is 1.38 bits per heavy atom. The average Bonchev–Trinajstić information content (AvgIpc) is 2.93. The van der Waals surface area contributed by atoms with Crippen LogP contribution >= 0.6 is 24.4 Å². The highest BCUT2D eigenvalue weighted by Gasteiger charge is 2.51. The fraction of sp³-hybridized carbons (Fsp3) is 0.381. The zero-order valence-electron chi connectivity index (χ0n) is 17.9. The number of nitriles is 1. The van der Waals surface area contributed by atoms with E-state index in [1.54, 1.807) is 26.2 Å². The summed E-state index contributed by atoms with van der Waals surface area (Å²) in [7, 11) is 0. The van der Waals surface area contributed by atoms with Crippen LogP contribution in [0.4, 0.5) is 16.0 Å². The number of thioether (sulfide) groups is 1. The Labute approximate surface area is 195 Å². The van der Waals surface area contributed by atoms with E-state index in [4.69, 9.17) is 0 Å². The summed E-state index contributed by atoms with van der Waals surface area (Å²) in [5.74, 6) is -0.942. The van der Waals surface area contributed by atoms with Gasteiger partial charge in [-0.1, -0.05) is 0 Å². The molecule has 2 aromatic rings. The van der Waals surface area contributed by atoms with E-state index in [9.17, 15) is 14.9 Å². The molecule has 0 radical (unpaired) electrons. The van der Waals surface area contributed by atoms with E-state index in [0.29, 0.717) is 13.0 Å². The molecule has 1 N–H and O–H groups in total. The molecule has 168 valence electrons. The van der Waals surface area contributed by atoms with Crippen LogP contribution in [-0.2, 0) is 9.59 Å². The second-order valence-electron chi connectivity index (χ2n) is 7.59. The second kappa shape index (κ2) is 9.85. The number of nitrogens with one attached hydrogen (secondary N) is 1. The van der Waals surface area contributed by atoms with Gasteiger partial charge in [0.1, 0.15) is 11.6 Å². The van der Waals surface area contributed by atoms with Gasteiger partial charge in [-0.05, 0) is 44.7 Å². The molecule has 1 saturated heterocycles. The fourth-order valence-corrected chi connectivity index (χ4v) is 4.81. The highest BCUT2D eigenvalue weighted by Crippen LogP contribution is 2.40. The molecule has 1 aromatic heterocycles. The van der Waals surface area contributed by atoms with Crippen molar-refractivity contribution >= 4 is 47.8 Å². The van der Waals surface area contributed by atoms with E-state index in [2.05, 4.69) is 27.9 Å². The van der Waals surface area contributed by atoms with Gasteiger partial charge >= 0.3 is 0 Å². The van der Waals surface area contributed by atoms with Crippen LogP contribution in [0.25, 0.3) is 0 Å². The molecule has 1 aliphatic heterocycles. The maximum absolute atomic E-state index is 15.2. The summed E-state index contributed by atoms with van der Waals surface area (Å²) in [5, 5.41) is 11.8. The quantitative estimate of drug-likeness (QED) is 0.469. The van der Waals surface area contributed by atoms with E-state index in [0.717, 1.165) is 11.8 Å². The van der Waals surface area contributed by atoms with Gasteiger partial charge in [0, 0.05) is 25.4 Å². The lowest BCUT2D eigenvalue weighted by Gasteiger charge is -2.31. The standard InChI is InChI=1S/C21H23FN6O2S2/c1-21(2)18(30)28(14-8-7-13(12-23)17(32-3)16(14)22)20(31)27(21)11-4-6-15(29)26-19-24-9-5-10-25-19/h5,7-10,20,31H,4,6,11H2,1-3H3,(H,24,25,26,29). The molecule has 8 nitrogen and oxygen atoms in total. The summed E-state index contributed by atoms with van der Waals surface area (Å²) in [6.45, 7) is 3.88. The summed E-state index contributed by atoms with van der Waals surface area (Å²) in [5.41, 5.74) is -1.39. The third kappa shape index (κ3) is 4.57. The zero-order chi connectivity index (χ0) is 23.5. The summed E-state index contributed by atoms with van der Waals surface area (Å²) < 4.78 is 15.2. The number of benzene rings is 1. The number of thiol groups is 1. The van der Waals surface area contributed by atoms with Crippen molar-refractivity contribution in [3.63, 3.8) is 0 Å². The van der Waals surface area contributed by atoms with Crippen LogP contribution < -0.4 is 10.2 Å². The number of hydrogen-bond donors (Lipinski definition) is 2. The van der Waals surface area contributed by atoms with Crippen LogP contribution in [0.15, 0.2) is 35.5 Å². The largest absolute Gasteiger partial charge is 0.295 e. The van der Waals surface area contributed by atoms with E-state index in [1.807, 2.05) is 11.0 Å². The number of carbonyl (C=O) groups excluding carboxylic acids is 2. The molecule has 2 heterocycles. The minimum absolute atomic E-state index is 0.0768. The molecule has 0 aliphatic carbocycles. The molecule has 32 heavy (non-hydrogen) atoms. The Morgan fingerprint density at radius 2 is 2.06 bits per heavy atom. The first-order valence-electron chi connectivity index (χ1n) is 9.84. The first-order chi connectivity index (χ1) is 15.2. The van der Waals surface area contributed by atoms with E-state index in [-0.39, 0.29) is 40.3 Å². The normalized spacial score (nSPS) is 17.9. The van der Waals surface area contributed by atoms with Gasteiger partial charge in [0.15, 0.2) is 5.82 Å². The van der Waals surface area contributed by atoms with Gasteiger partial charge in [-0.3, -0.25) is 24.7 Å². The molecule has 3 rings (SSSR count). The van der Waals surface area contributed by atoms with Crippen LogP contribution in [0.5, 0.6) is 0 Å². The molecule has 0 saturated carbocycles. The van der Waals surface area contributed by atoms with Gasteiger partial charge in [-0.15, -0.1) is 24.4 Å². The van der Waals surface area contributed by atoms with Gasteiger partial charge in [-0.2, -0.15) is 5.26 Å². The van der Waals surface area contributed by atoms with Crippen molar-refractivity contribution in [2.45, 2.75) is 42.6 Å². The monoisotopic (exact) mass is 474 g/mol. The topological polar surface area (TPSA) is 102 Å². The lowest BCUT2D eigenvalue weighted by molar-refractivity contribution is -0.123. The number of nitrogens with zero attached hydrogens (tertiary/aromatic N) is 5. The van der Waals surface area contributed by atoms with Gasteiger partial charge < -0.3 is 0 Å². The summed E-state index contributed by atoms with van der Waals surface area (Å²) in [4.78, 5) is 36.6. The summed E-state index contributed by atoms with van der Waals surface area (Å²) in [6, 6.07) is 6.56. The van der Waals surface area contributed by atoms with Crippen LogP contribution in [-0.4, -0.2) is 50.5 Å². The molecular weight excluding hydrogens is 451 g/mol. The molecule has 1 atom stereocenters. The average molecular weight is 475 g/mol. The molecule has 1 aromatic carbocycles. The number of carbonyl (C=O) groups is 2. The number of aromatic nitrogens is 2. The number of amides is 2. The molecule has 0 bridgehead atoms. The Morgan fingerprint density at radius 3 is 2.69 bits per heavy atom. The molecular formula is C21H23FN6O2S2. The predicted molar refractivity (Wildman–Crippen MR) is 124 cm³/mol. The van der Waals surface area contributed by atoms with Gasteiger partial charge in [0.2, 0.25) is 17.8 Å². The number of halogens is 1. The highest BCUT2D eigenvalue weighted by atomic mass is 32.2. The summed E-state index contributed by atoms with van der Waals surface area (Å²) >= 11 is 5.71. The summed E-state index contributed by atoms with van der Waals surface area (Å²) in [6.07, 6.45) is 5.39. The van der Waals surface area contributed by atoms with Crippen LogP contribution in [0.3, 0.4) is 0 Å². The van der Waals surface area contributed by atoms with Gasteiger partial charge in [0.25, 0.3) is 0 Å². The van der Waals surface area contributed by atoms with Gasteiger partial charge in [-0.25, -0.2) is 14.4 Å². The highest BCUT2D eigenvalue weighted by molar-refractivity contribution is 7.98. The Bertz CT molecular complexity index is 1060. The molecule has 2 amide bonds. The minimum atomic E-state index is -0.953. The van der Waals surface area contributed by atoms with Crippen molar-refractivity contribution in [1.82, 2.24) is 14.9 Å². The SMILES string of the molecule is CSc1c(C#N)ccc(N2C(=O)C(C)(C)N(CCCC(=O)Nc3ncccn3)C2S)c1F. The Hall–Kier alpha value is -2.68. The Balaban J connectivity index is 1.73. The maximum atomic E-state index is 15.2. The Kier molecular flexibility index (Phi) is 7.38. The van der Waals surface area contributed by atoms with E-state index >= 15 is 4.39 Å². The van der Waals surface area contributed by atoms with E-state index < -0.39 is 16.9 Å². The van der Waals surface area contributed by atoms with Crippen LogP contribution in [0.1, 0.15) is 32.3 Å². The number of anilines is 2. The predicted octanol–water partition coefficient (Wildman–Crippen LogP) is 3.27. The second-order valence-corrected chi connectivity index (χ2v) is 8.87. The maximum Gasteiger partial charge on any atom is 0.249 e. The third-order valence-electron chi connectivity index (χ3n) is 5.25. The van der Waals surface area contributed by atoms with Gasteiger partial charge in [0.05, 0.1) is 21.7 Å². The van der Waals surface area contributed by atoms with Crippen molar-refractivity contribution in [1.29, 1.82) is 5.26 Å². The molecule has 11 heteroatoms. The minimum Gasteiger partial charge on any atom is -0.295 e. The molecule has 1 unspecified atom stereocenters. The van der Waals surface area contributed by atoms with Crippen molar-refractivity contribution in [3.05, 3.63) is 42.0 Å². The lowest BCUT2D eigenvalue weighted by atomic mass is 10.0. The first kappa shape index (κ1) is 24.0. The molecule has 0 spiro atoms. The number of hydrogen-bond acceptors (Lipinski definition) is 8. The first-order valence-corrected chi connectivity index (χ1v) is 11.6. The lowest BCUT2D eigenvalue weighted by Crippen LogP contribution is -2.45. The van der Waals surface area contributed by atoms with Crippen molar-refractivity contribution in [2.75, 3.05) is 23.0 Å². The van der Waals surface area contributed by atoms with Crippen LogP contribution in [0, 0.1) is 17.1 Å². The fourth-order valence-electron chi connectivity index (χ4n) is 3.56.